The van der Waals surface area contributed by atoms with Gasteiger partial charge in [-0.3, -0.25) is 14.4 Å². The standard InChI is InChI=1S/C20H29N5O3/c1-11-4-5-17(14-7-15(8-14)23-13(3)26)25(10-11)20(28)19(27)24-16-6-12(2)18(21)22-9-16/h6,9,11,14-15,17H,4-5,7-8,10H2,1-3H3,(H2,21,22)(H,23,26)(H,24,27)/t11-,14?,15?,17+/m1/s1. The number of nitrogens with zero attached hydrogens (tertiary/aromatic N) is 2. The molecule has 8 nitrogen and oxygen atoms in total. The number of carbonyl (C=O) groups is 3. The number of carbonyl (C=O) groups excluding carboxylic acids is 3. The van der Waals surface area contributed by atoms with Crippen LogP contribution in [0.5, 0.6) is 0 Å². The second-order valence-electron chi connectivity index (χ2n) is 8.22. The summed E-state index contributed by atoms with van der Waals surface area (Å²) in [6, 6.07) is 1.93. The second-order valence-corrected chi connectivity index (χ2v) is 8.22. The molecule has 0 bridgehead atoms. The van der Waals surface area contributed by atoms with Gasteiger partial charge in [0.25, 0.3) is 0 Å². The van der Waals surface area contributed by atoms with Crippen molar-refractivity contribution in [3.8, 4) is 0 Å². The third-order valence-corrected chi connectivity index (χ3v) is 5.82. The lowest BCUT2D eigenvalue weighted by Gasteiger charge is -2.48. The number of nitrogens with two attached hydrogens (primary N) is 1. The Bertz CT molecular complexity index is 775. The Morgan fingerprint density at radius 3 is 2.61 bits per heavy atom. The molecule has 1 saturated carbocycles. The number of hydrogen-bond acceptors (Lipinski definition) is 5. The molecule has 8 heteroatoms. The molecular weight excluding hydrogens is 358 g/mol. The first-order valence-electron chi connectivity index (χ1n) is 9.85. The summed E-state index contributed by atoms with van der Waals surface area (Å²) in [5.41, 5.74) is 6.90. The maximum Gasteiger partial charge on any atom is 0.313 e. The van der Waals surface area contributed by atoms with Gasteiger partial charge in [-0.15, -0.1) is 0 Å². The fraction of sp³-hybridized carbons (Fsp3) is 0.600. The summed E-state index contributed by atoms with van der Waals surface area (Å²) in [7, 11) is 0. The fourth-order valence-corrected chi connectivity index (χ4v) is 4.25. The van der Waals surface area contributed by atoms with E-state index in [4.69, 9.17) is 5.73 Å². The second kappa shape index (κ2) is 8.16. The van der Waals surface area contributed by atoms with Gasteiger partial charge in [-0.05, 0) is 56.1 Å². The molecule has 2 fully saturated rings. The van der Waals surface area contributed by atoms with Crippen molar-refractivity contribution in [2.75, 3.05) is 17.6 Å². The van der Waals surface area contributed by atoms with Crippen LogP contribution in [0, 0.1) is 18.8 Å². The van der Waals surface area contributed by atoms with Gasteiger partial charge in [0, 0.05) is 25.6 Å². The van der Waals surface area contributed by atoms with E-state index in [2.05, 4.69) is 22.5 Å². The molecule has 0 unspecified atom stereocenters. The number of aromatic nitrogens is 1. The SMILES string of the molecule is CC(=O)NC1CC([C@@H]2CC[C@@H](C)CN2C(=O)C(=O)Nc2cnc(N)c(C)c2)C1. The summed E-state index contributed by atoms with van der Waals surface area (Å²) in [4.78, 5) is 42.5. The molecule has 1 aliphatic carbocycles. The predicted molar refractivity (Wildman–Crippen MR) is 106 cm³/mol. The highest BCUT2D eigenvalue weighted by Crippen LogP contribution is 2.38. The molecule has 3 rings (SSSR count). The van der Waals surface area contributed by atoms with Gasteiger partial charge in [-0.1, -0.05) is 6.92 Å². The Kier molecular flexibility index (Phi) is 5.86. The summed E-state index contributed by atoms with van der Waals surface area (Å²) in [6.07, 6.45) is 5.09. The van der Waals surface area contributed by atoms with Crippen LogP contribution in [0.4, 0.5) is 11.5 Å². The summed E-state index contributed by atoms with van der Waals surface area (Å²) in [5.74, 6) is -0.105. The van der Waals surface area contributed by atoms with Crippen LogP contribution in [-0.4, -0.2) is 46.2 Å². The Morgan fingerprint density at radius 1 is 1.25 bits per heavy atom. The third kappa shape index (κ3) is 4.43. The minimum atomic E-state index is -0.650. The topological polar surface area (TPSA) is 117 Å². The highest BCUT2D eigenvalue weighted by molar-refractivity contribution is 6.39. The molecule has 0 spiro atoms. The van der Waals surface area contributed by atoms with E-state index in [0.717, 1.165) is 31.2 Å². The first-order valence-corrected chi connectivity index (χ1v) is 9.85. The number of amides is 3. The molecule has 1 aromatic rings. The Morgan fingerprint density at radius 2 is 1.96 bits per heavy atom. The van der Waals surface area contributed by atoms with Crippen LogP contribution in [0.15, 0.2) is 12.3 Å². The van der Waals surface area contributed by atoms with E-state index in [1.54, 1.807) is 17.9 Å². The first-order chi connectivity index (χ1) is 13.2. The summed E-state index contributed by atoms with van der Waals surface area (Å²) in [5, 5.41) is 5.57. The smallest absolute Gasteiger partial charge is 0.313 e. The lowest BCUT2D eigenvalue weighted by Crippen LogP contribution is -2.57. The zero-order valence-electron chi connectivity index (χ0n) is 16.7. The minimum Gasteiger partial charge on any atom is -0.383 e. The molecule has 0 aromatic carbocycles. The van der Waals surface area contributed by atoms with Crippen molar-refractivity contribution in [2.24, 2.45) is 11.8 Å². The number of anilines is 2. The molecular formula is C20H29N5O3. The largest absolute Gasteiger partial charge is 0.383 e. The van der Waals surface area contributed by atoms with Gasteiger partial charge in [0.05, 0.1) is 11.9 Å². The summed E-state index contributed by atoms with van der Waals surface area (Å²) in [6.45, 7) is 5.99. The van der Waals surface area contributed by atoms with Crippen LogP contribution >= 0.6 is 0 Å². The van der Waals surface area contributed by atoms with Crippen LogP contribution in [0.2, 0.25) is 0 Å². The summed E-state index contributed by atoms with van der Waals surface area (Å²) >= 11 is 0. The molecule has 2 aliphatic rings. The zero-order chi connectivity index (χ0) is 20.4. The van der Waals surface area contributed by atoms with E-state index in [-0.39, 0.29) is 18.0 Å². The van der Waals surface area contributed by atoms with Gasteiger partial charge >= 0.3 is 11.8 Å². The minimum absolute atomic E-state index is 0.0274. The molecule has 1 saturated heterocycles. The molecule has 28 heavy (non-hydrogen) atoms. The van der Waals surface area contributed by atoms with Crippen LogP contribution in [0.1, 0.15) is 45.1 Å². The van der Waals surface area contributed by atoms with Crippen LogP contribution in [-0.2, 0) is 14.4 Å². The van der Waals surface area contributed by atoms with Gasteiger partial charge in [0.15, 0.2) is 0 Å². The molecule has 4 N–H and O–H groups in total. The third-order valence-electron chi connectivity index (χ3n) is 5.82. The van der Waals surface area contributed by atoms with E-state index >= 15 is 0 Å². The van der Waals surface area contributed by atoms with Crippen molar-refractivity contribution in [1.82, 2.24) is 15.2 Å². The van der Waals surface area contributed by atoms with E-state index in [1.807, 2.05) is 0 Å². The average molecular weight is 387 g/mol. The summed E-state index contributed by atoms with van der Waals surface area (Å²) < 4.78 is 0. The molecule has 1 aliphatic heterocycles. The van der Waals surface area contributed by atoms with E-state index < -0.39 is 11.8 Å². The van der Waals surface area contributed by atoms with Crippen molar-refractivity contribution in [3.63, 3.8) is 0 Å². The fourth-order valence-electron chi connectivity index (χ4n) is 4.25. The number of nitrogen functional groups attached to an aromatic ring is 1. The lowest BCUT2D eigenvalue weighted by atomic mass is 9.71. The van der Waals surface area contributed by atoms with E-state index in [1.165, 1.54) is 13.1 Å². The van der Waals surface area contributed by atoms with Crippen molar-refractivity contribution in [3.05, 3.63) is 17.8 Å². The Labute approximate surface area is 165 Å². The molecule has 152 valence electrons. The van der Waals surface area contributed by atoms with Crippen molar-refractivity contribution >= 4 is 29.2 Å². The monoisotopic (exact) mass is 387 g/mol. The van der Waals surface area contributed by atoms with Gasteiger partial charge in [-0.25, -0.2) is 4.98 Å². The van der Waals surface area contributed by atoms with Gasteiger partial charge in [0.1, 0.15) is 5.82 Å². The highest BCUT2D eigenvalue weighted by Gasteiger charge is 2.43. The number of pyridine rings is 1. The van der Waals surface area contributed by atoms with Gasteiger partial charge < -0.3 is 21.3 Å². The molecule has 2 atom stereocenters. The van der Waals surface area contributed by atoms with Crippen LogP contribution in [0.3, 0.4) is 0 Å². The number of nitrogens with one attached hydrogen (secondary N) is 2. The highest BCUT2D eigenvalue weighted by atomic mass is 16.2. The number of hydrogen-bond donors (Lipinski definition) is 3. The van der Waals surface area contributed by atoms with Crippen molar-refractivity contribution in [2.45, 2.75) is 58.5 Å². The molecule has 1 aromatic heterocycles. The van der Waals surface area contributed by atoms with E-state index in [9.17, 15) is 14.4 Å². The number of likely N-dealkylation sites (tertiary alicyclic amines) is 1. The number of piperidine rings is 1. The number of rotatable bonds is 3. The zero-order valence-corrected chi connectivity index (χ0v) is 16.7. The lowest BCUT2D eigenvalue weighted by molar-refractivity contribution is -0.148. The normalized spacial score (nSPS) is 26.9. The van der Waals surface area contributed by atoms with Gasteiger partial charge in [-0.2, -0.15) is 0 Å². The first kappa shape index (κ1) is 20.1. The average Bonchev–Trinajstić information content (AvgIpc) is 2.60. The van der Waals surface area contributed by atoms with Crippen LogP contribution in [0.25, 0.3) is 0 Å². The van der Waals surface area contributed by atoms with E-state index in [0.29, 0.717) is 29.9 Å². The Hall–Kier alpha value is -2.64. The predicted octanol–water partition coefficient (Wildman–Crippen LogP) is 1.45. The van der Waals surface area contributed by atoms with Gasteiger partial charge in [0.2, 0.25) is 5.91 Å². The van der Waals surface area contributed by atoms with Crippen LogP contribution < -0.4 is 16.4 Å². The van der Waals surface area contributed by atoms with Crippen molar-refractivity contribution in [1.29, 1.82) is 0 Å². The number of aryl methyl sites for hydroxylation is 1. The maximum absolute atomic E-state index is 12.9. The quantitative estimate of drug-likeness (QED) is 0.679. The molecule has 0 radical (unpaired) electrons. The molecule has 3 amide bonds. The molecule has 2 heterocycles. The maximum atomic E-state index is 12.9. The Balaban J connectivity index is 1.65. The van der Waals surface area contributed by atoms with Crippen molar-refractivity contribution < 1.29 is 14.4 Å².